The SMILES string of the molecule is Cl.Cl.O=C1NCCN2CCNC[C@@H]12. The van der Waals surface area contributed by atoms with E-state index in [1.807, 2.05) is 0 Å². The standard InChI is InChI=1S/C7H13N3O.2ClH/c11-7-6-5-8-1-3-10(6)4-2-9-7;;/h6,8H,1-5H2,(H,9,11);2*1H/t6-;;/m0../s1. The van der Waals surface area contributed by atoms with Gasteiger partial charge in [0.2, 0.25) is 5.91 Å². The van der Waals surface area contributed by atoms with Crippen LogP contribution >= 0.6 is 24.8 Å². The van der Waals surface area contributed by atoms with Crippen molar-refractivity contribution in [1.29, 1.82) is 0 Å². The minimum atomic E-state index is 0. The topological polar surface area (TPSA) is 44.4 Å². The van der Waals surface area contributed by atoms with Crippen LogP contribution in [0.3, 0.4) is 0 Å². The van der Waals surface area contributed by atoms with Crippen LogP contribution in [-0.4, -0.2) is 49.6 Å². The first-order valence-corrected chi connectivity index (χ1v) is 4.10. The average Bonchev–Trinajstić information content (AvgIpc) is 2.06. The van der Waals surface area contributed by atoms with E-state index in [2.05, 4.69) is 15.5 Å². The molecule has 2 aliphatic heterocycles. The molecule has 2 saturated heterocycles. The van der Waals surface area contributed by atoms with Crippen molar-refractivity contribution in [1.82, 2.24) is 15.5 Å². The minimum Gasteiger partial charge on any atom is -0.353 e. The molecule has 2 aliphatic rings. The Morgan fingerprint density at radius 1 is 1.23 bits per heavy atom. The summed E-state index contributed by atoms with van der Waals surface area (Å²) in [6, 6.07) is 0.0949. The largest absolute Gasteiger partial charge is 0.353 e. The maximum atomic E-state index is 11.2. The van der Waals surface area contributed by atoms with Gasteiger partial charge in [-0.05, 0) is 0 Å². The minimum absolute atomic E-state index is 0. The van der Waals surface area contributed by atoms with Crippen LogP contribution in [0.4, 0.5) is 0 Å². The highest BCUT2D eigenvalue weighted by molar-refractivity contribution is 5.85. The molecule has 4 nitrogen and oxygen atoms in total. The lowest BCUT2D eigenvalue weighted by Crippen LogP contribution is -2.62. The Hall–Kier alpha value is -0.0300. The van der Waals surface area contributed by atoms with Crippen LogP contribution in [-0.2, 0) is 4.79 Å². The monoisotopic (exact) mass is 227 g/mol. The fraction of sp³-hybridized carbons (Fsp3) is 0.857. The van der Waals surface area contributed by atoms with Gasteiger partial charge in [-0.3, -0.25) is 9.69 Å². The molecule has 0 saturated carbocycles. The quantitative estimate of drug-likeness (QED) is 0.572. The smallest absolute Gasteiger partial charge is 0.238 e. The van der Waals surface area contributed by atoms with Crippen LogP contribution in [0.15, 0.2) is 0 Å². The predicted molar refractivity (Wildman–Crippen MR) is 55.7 cm³/mol. The van der Waals surface area contributed by atoms with Gasteiger partial charge in [-0.25, -0.2) is 0 Å². The lowest BCUT2D eigenvalue weighted by Gasteiger charge is -2.38. The molecule has 0 spiro atoms. The van der Waals surface area contributed by atoms with Crippen LogP contribution < -0.4 is 10.6 Å². The lowest BCUT2D eigenvalue weighted by atomic mass is 10.1. The third-order valence-electron chi connectivity index (χ3n) is 2.36. The second-order valence-corrected chi connectivity index (χ2v) is 3.05. The molecule has 2 rings (SSSR count). The lowest BCUT2D eigenvalue weighted by molar-refractivity contribution is -0.129. The third kappa shape index (κ3) is 2.71. The summed E-state index contributed by atoms with van der Waals surface area (Å²) >= 11 is 0. The molecule has 1 amide bonds. The Kier molecular flexibility index (Phi) is 5.64. The van der Waals surface area contributed by atoms with Crippen molar-refractivity contribution >= 4 is 30.7 Å². The molecule has 13 heavy (non-hydrogen) atoms. The number of piperazine rings is 2. The first kappa shape index (κ1) is 13.0. The molecule has 0 unspecified atom stereocenters. The number of hydrogen-bond acceptors (Lipinski definition) is 3. The van der Waals surface area contributed by atoms with E-state index in [0.717, 1.165) is 32.7 Å². The summed E-state index contributed by atoms with van der Waals surface area (Å²) < 4.78 is 0. The zero-order chi connectivity index (χ0) is 7.68. The van der Waals surface area contributed by atoms with Crippen LogP contribution in [0.25, 0.3) is 0 Å². The van der Waals surface area contributed by atoms with Crippen LogP contribution in [0.1, 0.15) is 0 Å². The summed E-state index contributed by atoms with van der Waals surface area (Å²) in [5, 5.41) is 6.07. The van der Waals surface area contributed by atoms with Gasteiger partial charge >= 0.3 is 0 Å². The van der Waals surface area contributed by atoms with Gasteiger partial charge < -0.3 is 10.6 Å². The molecule has 0 bridgehead atoms. The number of fused-ring (bicyclic) bond motifs is 1. The van der Waals surface area contributed by atoms with Crippen molar-refractivity contribution in [3.63, 3.8) is 0 Å². The Balaban J connectivity index is 0.000000720. The van der Waals surface area contributed by atoms with Crippen molar-refractivity contribution in [2.75, 3.05) is 32.7 Å². The van der Waals surface area contributed by atoms with Crippen molar-refractivity contribution < 1.29 is 4.79 Å². The van der Waals surface area contributed by atoms with E-state index in [0.29, 0.717) is 0 Å². The number of nitrogens with zero attached hydrogens (tertiary/aromatic N) is 1. The summed E-state index contributed by atoms with van der Waals surface area (Å²) in [4.78, 5) is 13.5. The molecule has 6 heteroatoms. The summed E-state index contributed by atoms with van der Waals surface area (Å²) in [6.07, 6.45) is 0. The maximum absolute atomic E-state index is 11.2. The summed E-state index contributed by atoms with van der Waals surface area (Å²) in [5.74, 6) is 0.184. The zero-order valence-electron chi connectivity index (χ0n) is 7.28. The molecule has 0 aromatic rings. The number of nitrogens with one attached hydrogen (secondary N) is 2. The highest BCUT2D eigenvalue weighted by atomic mass is 35.5. The summed E-state index contributed by atoms with van der Waals surface area (Å²) in [6.45, 7) is 4.67. The number of halogens is 2. The van der Waals surface area contributed by atoms with Crippen molar-refractivity contribution in [3.8, 4) is 0 Å². The molecule has 0 aromatic heterocycles. The van der Waals surface area contributed by atoms with E-state index in [1.54, 1.807) is 0 Å². The first-order valence-electron chi connectivity index (χ1n) is 4.10. The van der Waals surface area contributed by atoms with E-state index in [1.165, 1.54) is 0 Å². The Bertz CT molecular complexity index is 177. The van der Waals surface area contributed by atoms with Gasteiger partial charge in [0.05, 0.1) is 0 Å². The van der Waals surface area contributed by atoms with Crippen LogP contribution in [0.2, 0.25) is 0 Å². The molecule has 1 atom stereocenters. The fourth-order valence-electron chi connectivity index (χ4n) is 1.71. The second-order valence-electron chi connectivity index (χ2n) is 3.05. The molecule has 0 aromatic carbocycles. The number of amides is 1. The Labute approximate surface area is 90.2 Å². The average molecular weight is 228 g/mol. The Morgan fingerprint density at radius 2 is 1.92 bits per heavy atom. The zero-order valence-corrected chi connectivity index (χ0v) is 8.92. The van der Waals surface area contributed by atoms with Crippen LogP contribution in [0.5, 0.6) is 0 Å². The second kappa shape index (κ2) is 5.65. The molecule has 2 heterocycles. The fourth-order valence-corrected chi connectivity index (χ4v) is 1.71. The van der Waals surface area contributed by atoms with Gasteiger partial charge in [-0.2, -0.15) is 0 Å². The van der Waals surface area contributed by atoms with Gasteiger partial charge in [-0.15, -0.1) is 24.8 Å². The van der Waals surface area contributed by atoms with Gasteiger partial charge in [0.25, 0.3) is 0 Å². The van der Waals surface area contributed by atoms with Crippen molar-refractivity contribution in [2.24, 2.45) is 0 Å². The normalized spacial score (nSPS) is 27.7. The molecule has 78 valence electrons. The number of rotatable bonds is 0. The maximum Gasteiger partial charge on any atom is 0.238 e. The van der Waals surface area contributed by atoms with Gasteiger partial charge in [-0.1, -0.05) is 0 Å². The van der Waals surface area contributed by atoms with E-state index in [-0.39, 0.29) is 36.8 Å². The predicted octanol–water partition coefficient (Wildman–Crippen LogP) is -0.766. The van der Waals surface area contributed by atoms with Crippen molar-refractivity contribution in [2.45, 2.75) is 6.04 Å². The van der Waals surface area contributed by atoms with E-state index in [4.69, 9.17) is 0 Å². The van der Waals surface area contributed by atoms with E-state index >= 15 is 0 Å². The first-order chi connectivity index (χ1) is 5.38. The van der Waals surface area contributed by atoms with Crippen LogP contribution in [0, 0.1) is 0 Å². The van der Waals surface area contributed by atoms with Crippen molar-refractivity contribution in [3.05, 3.63) is 0 Å². The highest BCUT2D eigenvalue weighted by Crippen LogP contribution is 2.05. The molecule has 0 radical (unpaired) electrons. The number of carbonyl (C=O) groups excluding carboxylic acids is 1. The van der Waals surface area contributed by atoms with Gasteiger partial charge in [0.15, 0.2) is 0 Å². The summed E-state index contributed by atoms with van der Waals surface area (Å²) in [5.41, 5.74) is 0. The molecule has 0 aliphatic carbocycles. The third-order valence-corrected chi connectivity index (χ3v) is 2.36. The summed E-state index contributed by atoms with van der Waals surface area (Å²) in [7, 11) is 0. The molecular weight excluding hydrogens is 213 g/mol. The molecular formula is C7H15Cl2N3O. The number of hydrogen-bond donors (Lipinski definition) is 2. The van der Waals surface area contributed by atoms with E-state index < -0.39 is 0 Å². The molecule has 2 N–H and O–H groups in total. The van der Waals surface area contributed by atoms with Gasteiger partial charge in [0, 0.05) is 32.7 Å². The highest BCUT2D eigenvalue weighted by Gasteiger charge is 2.30. The number of carbonyl (C=O) groups is 1. The molecule has 2 fully saturated rings. The van der Waals surface area contributed by atoms with E-state index in [9.17, 15) is 4.79 Å². The Morgan fingerprint density at radius 3 is 2.62 bits per heavy atom. The van der Waals surface area contributed by atoms with Gasteiger partial charge in [0.1, 0.15) is 6.04 Å².